The first-order valence-corrected chi connectivity index (χ1v) is 10.3. The molecule has 0 saturated carbocycles. The van der Waals surface area contributed by atoms with Gasteiger partial charge in [-0.2, -0.15) is 5.10 Å². The van der Waals surface area contributed by atoms with E-state index in [4.69, 9.17) is 4.74 Å². The SMILES string of the molecule is CC[C@@H](C(=O)NCc1ccccc1OC)n1nc(C)n2c(cc3sccc32)c1=O. The lowest BCUT2D eigenvalue weighted by atomic mass is 10.1. The summed E-state index contributed by atoms with van der Waals surface area (Å²) in [7, 11) is 1.60. The second-order valence-electron chi connectivity index (χ2n) is 6.79. The third-order valence-corrected chi connectivity index (χ3v) is 5.91. The topological polar surface area (TPSA) is 77.6 Å². The number of amides is 1. The minimum Gasteiger partial charge on any atom is -0.496 e. The number of aromatic nitrogens is 3. The quantitative estimate of drug-likeness (QED) is 0.529. The summed E-state index contributed by atoms with van der Waals surface area (Å²) in [5.41, 5.74) is 2.11. The molecule has 0 aliphatic heterocycles. The van der Waals surface area contributed by atoms with Gasteiger partial charge in [-0.25, -0.2) is 4.68 Å². The minimum absolute atomic E-state index is 0.245. The van der Waals surface area contributed by atoms with Crippen LogP contribution in [0.25, 0.3) is 15.7 Å². The van der Waals surface area contributed by atoms with Gasteiger partial charge in [0, 0.05) is 12.1 Å². The number of fused-ring (bicyclic) bond motifs is 3. The molecule has 0 aliphatic rings. The fourth-order valence-corrected chi connectivity index (χ4v) is 4.43. The molecule has 3 heterocycles. The Bertz CT molecular complexity index is 1250. The molecule has 4 aromatic rings. The maximum absolute atomic E-state index is 13.1. The number of para-hydroxylation sites is 1. The highest BCUT2D eigenvalue weighted by Gasteiger charge is 2.23. The number of nitrogens with one attached hydrogen (secondary N) is 1. The molecule has 1 amide bonds. The van der Waals surface area contributed by atoms with Crippen LogP contribution in [0.5, 0.6) is 5.75 Å². The van der Waals surface area contributed by atoms with Crippen molar-refractivity contribution in [3.63, 3.8) is 0 Å². The minimum atomic E-state index is -0.686. The summed E-state index contributed by atoms with van der Waals surface area (Å²) in [6, 6.07) is 10.7. The molecule has 3 aromatic heterocycles. The van der Waals surface area contributed by atoms with Crippen LogP contribution in [0.4, 0.5) is 0 Å². The van der Waals surface area contributed by atoms with E-state index in [1.807, 2.05) is 60.0 Å². The van der Waals surface area contributed by atoms with E-state index in [0.717, 1.165) is 15.8 Å². The molecule has 0 spiro atoms. The van der Waals surface area contributed by atoms with Crippen molar-refractivity contribution < 1.29 is 9.53 Å². The van der Waals surface area contributed by atoms with Gasteiger partial charge in [-0.05, 0) is 36.9 Å². The smallest absolute Gasteiger partial charge is 0.291 e. The Morgan fingerprint density at radius 2 is 2.07 bits per heavy atom. The highest BCUT2D eigenvalue weighted by molar-refractivity contribution is 7.17. The Morgan fingerprint density at radius 1 is 1.28 bits per heavy atom. The number of hydrogen-bond acceptors (Lipinski definition) is 5. The lowest BCUT2D eigenvalue weighted by Crippen LogP contribution is -2.39. The summed E-state index contributed by atoms with van der Waals surface area (Å²) < 4.78 is 9.52. The molecule has 0 fully saturated rings. The molecular weight excluding hydrogens is 388 g/mol. The van der Waals surface area contributed by atoms with E-state index in [2.05, 4.69) is 10.4 Å². The molecule has 0 radical (unpaired) electrons. The maximum atomic E-state index is 13.1. The lowest BCUT2D eigenvalue weighted by molar-refractivity contribution is -0.125. The van der Waals surface area contributed by atoms with Crippen LogP contribution in [-0.2, 0) is 11.3 Å². The van der Waals surface area contributed by atoms with Gasteiger partial charge < -0.3 is 10.1 Å². The van der Waals surface area contributed by atoms with E-state index in [1.165, 1.54) is 4.68 Å². The van der Waals surface area contributed by atoms with Crippen LogP contribution in [0.2, 0.25) is 0 Å². The largest absolute Gasteiger partial charge is 0.496 e. The number of benzene rings is 1. The number of nitrogens with zero attached hydrogens (tertiary/aromatic N) is 3. The van der Waals surface area contributed by atoms with Crippen molar-refractivity contribution in [1.82, 2.24) is 19.5 Å². The van der Waals surface area contributed by atoms with Gasteiger partial charge >= 0.3 is 0 Å². The molecule has 7 nitrogen and oxygen atoms in total. The zero-order valence-electron chi connectivity index (χ0n) is 16.5. The summed E-state index contributed by atoms with van der Waals surface area (Å²) >= 11 is 1.58. The van der Waals surface area contributed by atoms with Crippen LogP contribution >= 0.6 is 11.3 Å². The van der Waals surface area contributed by atoms with Crippen molar-refractivity contribution in [2.75, 3.05) is 7.11 Å². The second-order valence-corrected chi connectivity index (χ2v) is 7.73. The van der Waals surface area contributed by atoms with Crippen LogP contribution in [-0.4, -0.2) is 27.2 Å². The third-order valence-electron chi connectivity index (χ3n) is 5.06. The van der Waals surface area contributed by atoms with E-state index < -0.39 is 6.04 Å². The number of thiophene rings is 1. The molecule has 0 bridgehead atoms. The van der Waals surface area contributed by atoms with Gasteiger partial charge in [0.15, 0.2) is 0 Å². The molecule has 0 saturated heterocycles. The van der Waals surface area contributed by atoms with Gasteiger partial charge in [-0.1, -0.05) is 25.1 Å². The number of carbonyl (C=O) groups is 1. The van der Waals surface area contributed by atoms with Gasteiger partial charge in [0.05, 0.1) is 17.3 Å². The van der Waals surface area contributed by atoms with Gasteiger partial charge in [0.1, 0.15) is 23.1 Å². The standard InChI is InChI=1S/C21H22N4O3S/c1-4-15(20(26)22-12-14-7-5-6-8-18(14)28-3)25-21(27)17-11-19-16(9-10-29-19)24(17)13(2)23-25/h5-11,15H,4,12H2,1-3H3,(H,22,26)/t15-/m0/s1. The maximum Gasteiger partial charge on any atom is 0.291 e. The number of ether oxygens (including phenoxy) is 1. The van der Waals surface area contributed by atoms with Crippen LogP contribution < -0.4 is 15.6 Å². The van der Waals surface area contributed by atoms with Crippen LogP contribution in [0.1, 0.15) is 30.8 Å². The fraction of sp³-hybridized carbons (Fsp3) is 0.286. The van der Waals surface area contributed by atoms with Gasteiger partial charge in [-0.15, -0.1) is 11.3 Å². The molecule has 29 heavy (non-hydrogen) atoms. The highest BCUT2D eigenvalue weighted by Crippen LogP contribution is 2.25. The molecule has 1 N–H and O–H groups in total. The van der Waals surface area contributed by atoms with E-state index in [-0.39, 0.29) is 11.5 Å². The number of rotatable bonds is 6. The monoisotopic (exact) mass is 410 g/mol. The predicted octanol–water partition coefficient (Wildman–Crippen LogP) is 3.30. The molecule has 150 valence electrons. The molecule has 1 atom stereocenters. The molecule has 4 rings (SSSR count). The molecular formula is C21H22N4O3S. The van der Waals surface area contributed by atoms with Crippen LogP contribution in [0.3, 0.4) is 0 Å². The highest BCUT2D eigenvalue weighted by atomic mass is 32.1. The Kier molecular flexibility index (Phi) is 5.10. The normalized spacial score (nSPS) is 12.4. The average molecular weight is 410 g/mol. The first-order chi connectivity index (χ1) is 14.0. The van der Waals surface area contributed by atoms with Crippen molar-refractivity contribution in [3.8, 4) is 5.75 Å². The molecule has 8 heteroatoms. The van der Waals surface area contributed by atoms with E-state index in [1.54, 1.807) is 18.4 Å². The van der Waals surface area contributed by atoms with Gasteiger partial charge in [0.25, 0.3) is 5.56 Å². The summed E-state index contributed by atoms with van der Waals surface area (Å²) in [6.07, 6.45) is 0.454. The first-order valence-electron chi connectivity index (χ1n) is 9.42. The van der Waals surface area contributed by atoms with E-state index in [0.29, 0.717) is 30.1 Å². The summed E-state index contributed by atoms with van der Waals surface area (Å²) in [4.78, 5) is 26.0. The van der Waals surface area contributed by atoms with Gasteiger partial charge in [-0.3, -0.25) is 14.0 Å². The Balaban J connectivity index is 1.66. The zero-order chi connectivity index (χ0) is 20.5. The van der Waals surface area contributed by atoms with Crippen LogP contribution in [0.15, 0.2) is 46.6 Å². The fourth-order valence-electron chi connectivity index (χ4n) is 3.62. The number of methoxy groups -OCH3 is 1. The third kappa shape index (κ3) is 3.29. The first kappa shape index (κ1) is 19.2. The average Bonchev–Trinajstić information content (AvgIpc) is 3.32. The summed E-state index contributed by atoms with van der Waals surface area (Å²) in [5, 5.41) is 9.37. The summed E-state index contributed by atoms with van der Waals surface area (Å²) in [6.45, 7) is 4.04. The van der Waals surface area contributed by atoms with Crippen molar-refractivity contribution in [2.24, 2.45) is 0 Å². The molecule has 0 unspecified atom stereocenters. The van der Waals surface area contributed by atoms with Gasteiger partial charge in [0.2, 0.25) is 5.91 Å². The summed E-state index contributed by atoms with van der Waals surface area (Å²) in [5.74, 6) is 1.13. The van der Waals surface area contributed by atoms with Crippen LogP contribution in [0, 0.1) is 6.92 Å². The van der Waals surface area contributed by atoms with Crippen molar-refractivity contribution >= 4 is 33.0 Å². The molecule has 1 aromatic carbocycles. The van der Waals surface area contributed by atoms with Crippen molar-refractivity contribution in [1.29, 1.82) is 0 Å². The van der Waals surface area contributed by atoms with E-state index in [9.17, 15) is 9.59 Å². The number of carbonyl (C=O) groups excluding carboxylic acids is 1. The van der Waals surface area contributed by atoms with E-state index >= 15 is 0 Å². The zero-order valence-corrected chi connectivity index (χ0v) is 17.3. The number of hydrogen-bond donors (Lipinski definition) is 1. The second kappa shape index (κ2) is 7.71. The Labute approximate surface area is 171 Å². The predicted molar refractivity (Wildman–Crippen MR) is 114 cm³/mol. The Hall–Kier alpha value is -3.13. The molecule has 0 aliphatic carbocycles. The Morgan fingerprint density at radius 3 is 2.83 bits per heavy atom. The van der Waals surface area contributed by atoms with Crippen molar-refractivity contribution in [3.05, 3.63) is 63.5 Å². The lowest BCUT2D eigenvalue weighted by Gasteiger charge is -2.18. The number of aryl methyl sites for hydroxylation is 1. The van der Waals surface area contributed by atoms with Crippen molar-refractivity contribution in [2.45, 2.75) is 32.9 Å².